The molecule has 0 bridgehead atoms. The minimum atomic E-state index is -0.259. The number of hydrogen-bond donors (Lipinski definition) is 3. The molecule has 1 saturated heterocycles. The van der Waals surface area contributed by atoms with Crippen molar-refractivity contribution in [3.8, 4) is 0 Å². The minimum Gasteiger partial charge on any atom is -0.467 e. The summed E-state index contributed by atoms with van der Waals surface area (Å²) in [5.74, 6) is 2.88. The molecule has 1 aliphatic heterocycles. The van der Waals surface area contributed by atoms with Crippen molar-refractivity contribution < 1.29 is 9.21 Å². The first-order valence-corrected chi connectivity index (χ1v) is 12.1. The van der Waals surface area contributed by atoms with E-state index in [9.17, 15) is 4.79 Å². The van der Waals surface area contributed by atoms with Gasteiger partial charge in [0.05, 0.1) is 12.8 Å². The molecule has 188 valence electrons. The maximum Gasteiger partial charge on any atom is 0.259 e. The highest BCUT2D eigenvalue weighted by Crippen LogP contribution is 2.27. The van der Waals surface area contributed by atoms with Crippen LogP contribution in [0, 0.1) is 5.92 Å². The largest absolute Gasteiger partial charge is 0.467 e. The molecule has 3 aromatic rings. The fourth-order valence-corrected chi connectivity index (χ4v) is 4.26. The van der Waals surface area contributed by atoms with Crippen LogP contribution >= 0.6 is 0 Å². The molecular formula is C24H35N9O2. The zero-order valence-corrected chi connectivity index (χ0v) is 21.1. The van der Waals surface area contributed by atoms with Crippen molar-refractivity contribution in [2.45, 2.75) is 65.0 Å². The maximum absolute atomic E-state index is 14.0. The third-order valence-electron chi connectivity index (χ3n) is 6.02. The van der Waals surface area contributed by atoms with Crippen LogP contribution in [0.3, 0.4) is 0 Å². The van der Waals surface area contributed by atoms with Crippen LogP contribution in [0.1, 0.15) is 74.7 Å². The van der Waals surface area contributed by atoms with E-state index < -0.39 is 0 Å². The Morgan fingerprint density at radius 1 is 1.31 bits per heavy atom. The fourth-order valence-electron chi connectivity index (χ4n) is 4.26. The number of carbonyl (C=O) groups is 1. The van der Waals surface area contributed by atoms with Crippen LogP contribution in [0.2, 0.25) is 0 Å². The lowest BCUT2D eigenvalue weighted by molar-refractivity contribution is 0.0607. The number of tetrazole rings is 1. The van der Waals surface area contributed by atoms with Crippen LogP contribution in [0.4, 0.5) is 5.82 Å². The quantitative estimate of drug-likeness (QED) is 0.443. The highest BCUT2D eigenvalue weighted by atomic mass is 16.3. The van der Waals surface area contributed by atoms with Crippen molar-refractivity contribution in [1.29, 1.82) is 0 Å². The normalized spacial score (nSPS) is 18.6. The lowest BCUT2D eigenvalue weighted by Gasteiger charge is -2.38. The number of aromatic nitrogens is 6. The van der Waals surface area contributed by atoms with E-state index in [1.165, 1.54) is 0 Å². The number of hydrogen-bond acceptors (Lipinski definition) is 9. The first kappa shape index (κ1) is 24.8. The molecule has 0 saturated carbocycles. The lowest BCUT2D eigenvalue weighted by atomic mass is 9.93. The minimum absolute atomic E-state index is 0.0256. The maximum atomic E-state index is 14.0. The molecular weight excluding hydrogens is 446 g/mol. The predicted molar refractivity (Wildman–Crippen MR) is 131 cm³/mol. The van der Waals surface area contributed by atoms with Crippen LogP contribution in [-0.2, 0) is 12.0 Å². The van der Waals surface area contributed by atoms with Gasteiger partial charge in [-0.2, -0.15) is 5.21 Å². The molecule has 11 heteroatoms. The molecule has 11 nitrogen and oxygen atoms in total. The Morgan fingerprint density at radius 3 is 2.80 bits per heavy atom. The van der Waals surface area contributed by atoms with E-state index in [-0.39, 0.29) is 23.3 Å². The van der Waals surface area contributed by atoms with Gasteiger partial charge in [-0.05, 0) is 24.5 Å². The number of nitrogens with zero attached hydrogens (tertiary/aromatic N) is 6. The Bertz CT molecular complexity index is 1090. The molecule has 4 heterocycles. The summed E-state index contributed by atoms with van der Waals surface area (Å²) in [7, 11) is 0. The predicted octanol–water partition coefficient (Wildman–Crippen LogP) is 2.74. The van der Waals surface area contributed by atoms with Gasteiger partial charge in [-0.15, -0.1) is 10.2 Å². The average molecular weight is 482 g/mol. The number of piperidine rings is 1. The SMILES string of the molecule is CC(C)CN(C(=O)c1cnc(C(C)(C)C)nc1NCc1ccco1)[C@@H]1CNC[C@H](c2nn[nH]n2)C1. The van der Waals surface area contributed by atoms with Crippen molar-refractivity contribution in [2.75, 3.05) is 25.0 Å². The monoisotopic (exact) mass is 481 g/mol. The van der Waals surface area contributed by atoms with E-state index in [0.29, 0.717) is 48.6 Å². The third-order valence-corrected chi connectivity index (χ3v) is 6.02. The number of amides is 1. The number of H-pyrrole nitrogens is 1. The smallest absolute Gasteiger partial charge is 0.259 e. The van der Waals surface area contributed by atoms with Crippen molar-refractivity contribution in [1.82, 2.24) is 40.8 Å². The number of rotatable bonds is 8. The molecule has 0 aromatic carbocycles. The summed E-state index contributed by atoms with van der Waals surface area (Å²) < 4.78 is 5.47. The van der Waals surface area contributed by atoms with Crippen LogP contribution in [0.15, 0.2) is 29.0 Å². The number of nitrogens with one attached hydrogen (secondary N) is 3. The molecule has 0 unspecified atom stereocenters. The molecule has 35 heavy (non-hydrogen) atoms. The highest BCUT2D eigenvalue weighted by molar-refractivity contribution is 5.98. The summed E-state index contributed by atoms with van der Waals surface area (Å²) in [5.41, 5.74) is 0.192. The number of furan rings is 1. The average Bonchev–Trinajstić information content (AvgIpc) is 3.54. The molecule has 0 aliphatic carbocycles. The Kier molecular flexibility index (Phi) is 7.44. The van der Waals surface area contributed by atoms with Gasteiger partial charge in [-0.1, -0.05) is 39.8 Å². The zero-order chi connectivity index (χ0) is 25.0. The summed E-state index contributed by atoms with van der Waals surface area (Å²) >= 11 is 0. The van der Waals surface area contributed by atoms with Gasteiger partial charge >= 0.3 is 0 Å². The van der Waals surface area contributed by atoms with Gasteiger partial charge in [0.15, 0.2) is 5.82 Å². The molecule has 1 aliphatic rings. The second kappa shape index (κ2) is 10.5. The summed E-state index contributed by atoms with van der Waals surface area (Å²) in [6.07, 6.45) is 4.03. The second-order valence-corrected chi connectivity index (χ2v) is 10.5. The molecule has 0 radical (unpaired) electrons. The van der Waals surface area contributed by atoms with Gasteiger partial charge in [0, 0.05) is 43.2 Å². The van der Waals surface area contributed by atoms with Crippen molar-refractivity contribution in [2.24, 2.45) is 5.92 Å². The van der Waals surface area contributed by atoms with E-state index in [4.69, 9.17) is 9.40 Å². The molecule has 2 atom stereocenters. The summed E-state index contributed by atoms with van der Waals surface area (Å²) in [6.45, 7) is 12.9. The van der Waals surface area contributed by atoms with Gasteiger partial charge in [0.1, 0.15) is 23.0 Å². The summed E-state index contributed by atoms with van der Waals surface area (Å²) in [4.78, 5) is 25.3. The standard InChI is InChI=1S/C24H35N9O2/c1-15(2)14-33(17-9-16(10-25-11-17)20-29-31-32-30-20)22(34)19-13-27-23(24(3,4)5)28-21(19)26-12-18-7-6-8-35-18/h6-8,13,15-17,25H,9-12,14H2,1-5H3,(H,26,27,28)(H,29,30,31,32)/t16-,17+/m1/s1. The molecule has 1 amide bonds. The van der Waals surface area contributed by atoms with E-state index in [0.717, 1.165) is 18.7 Å². The topological polar surface area (TPSA) is 138 Å². The zero-order valence-electron chi connectivity index (χ0n) is 21.1. The van der Waals surface area contributed by atoms with Crippen molar-refractivity contribution in [3.05, 3.63) is 47.6 Å². The Hall–Kier alpha value is -3.34. The van der Waals surface area contributed by atoms with Gasteiger partial charge < -0.3 is 20.0 Å². The fraction of sp³-hybridized carbons (Fsp3) is 0.583. The van der Waals surface area contributed by atoms with Gasteiger partial charge in [-0.3, -0.25) is 4.79 Å². The van der Waals surface area contributed by atoms with Crippen molar-refractivity contribution >= 4 is 11.7 Å². The van der Waals surface area contributed by atoms with Gasteiger partial charge in [0.25, 0.3) is 5.91 Å². The summed E-state index contributed by atoms with van der Waals surface area (Å²) in [5, 5.41) is 21.3. The van der Waals surface area contributed by atoms with Crippen LogP contribution < -0.4 is 10.6 Å². The molecule has 0 spiro atoms. The van der Waals surface area contributed by atoms with Crippen LogP contribution in [0.25, 0.3) is 0 Å². The summed E-state index contributed by atoms with van der Waals surface area (Å²) in [6, 6.07) is 3.70. The Morgan fingerprint density at radius 2 is 2.14 bits per heavy atom. The Balaban J connectivity index is 1.63. The van der Waals surface area contributed by atoms with E-state index in [1.54, 1.807) is 12.5 Å². The first-order valence-electron chi connectivity index (χ1n) is 12.1. The van der Waals surface area contributed by atoms with E-state index in [2.05, 4.69) is 70.9 Å². The number of carbonyl (C=O) groups excluding carboxylic acids is 1. The Labute approximate surface area is 205 Å². The third kappa shape index (κ3) is 6.02. The van der Waals surface area contributed by atoms with Gasteiger partial charge in [-0.25, -0.2) is 9.97 Å². The van der Waals surface area contributed by atoms with E-state index >= 15 is 0 Å². The molecule has 1 fully saturated rings. The van der Waals surface area contributed by atoms with Gasteiger partial charge in [0.2, 0.25) is 0 Å². The van der Waals surface area contributed by atoms with Crippen LogP contribution in [0.5, 0.6) is 0 Å². The second-order valence-electron chi connectivity index (χ2n) is 10.5. The highest BCUT2D eigenvalue weighted by Gasteiger charge is 2.34. The molecule has 3 aromatic heterocycles. The molecule has 4 rings (SSSR count). The lowest BCUT2D eigenvalue weighted by Crippen LogP contribution is -2.52. The first-order chi connectivity index (χ1) is 16.7. The van der Waals surface area contributed by atoms with E-state index in [1.807, 2.05) is 17.0 Å². The van der Waals surface area contributed by atoms with Crippen molar-refractivity contribution in [3.63, 3.8) is 0 Å². The van der Waals surface area contributed by atoms with Crippen LogP contribution in [-0.4, -0.2) is 67.1 Å². The molecule has 3 N–H and O–H groups in total. The number of anilines is 1. The number of aromatic amines is 1.